The fraction of sp³-hybridized carbons (Fsp3) is 0.312. The number of thioether (sulfide) groups is 1. The standard InChI is InChI=1S/C16H16F3N3O2S/c1-10-6-11(2)21-15(20-10)25-8-14(23)22-12-4-3-5-13(7-12)24-9-16(17,18)19/h3-7H,8-9H2,1-2H3,(H,22,23). The predicted molar refractivity (Wildman–Crippen MR) is 88.9 cm³/mol. The minimum Gasteiger partial charge on any atom is -0.484 e. The van der Waals surface area contributed by atoms with Gasteiger partial charge >= 0.3 is 6.18 Å². The molecule has 25 heavy (non-hydrogen) atoms. The molecule has 0 atom stereocenters. The Labute approximate surface area is 147 Å². The van der Waals surface area contributed by atoms with Crippen molar-refractivity contribution in [3.8, 4) is 5.75 Å². The number of anilines is 1. The zero-order valence-electron chi connectivity index (χ0n) is 13.6. The van der Waals surface area contributed by atoms with E-state index in [9.17, 15) is 18.0 Å². The molecule has 1 aromatic carbocycles. The van der Waals surface area contributed by atoms with Gasteiger partial charge in [-0.15, -0.1) is 0 Å². The van der Waals surface area contributed by atoms with Gasteiger partial charge in [0.15, 0.2) is 11.8 Å². The molecule has 2 aromatic rings. The monoisotopic (exact) mass is 371 g/mol. The Balaban J connectivity index is 1.89. The average molecular weight is 371 g/mol. The van der Waals surface area contributed by atoms with E-state index in [2.05, 4.69) is 20.0 Å². The lowest BCUT2D eigenvalue weighted by Crippen LogP contribution is -2.19. The summed E-state index contributed by atoms with van der Waals surface area (Å²) in [6.45, 7) is 2.29. The van der Waals surface area contributed by atoms with Crippen molar-refractivity contribution in [2.24, 2.45) is 0 Å². The molecule has 0 aliphatic heterocycles. The van der Waals surface area contributed by atoms with E-state index in [1.165, 1.54) is 30.0 Å². The van der Waals surface area contributed by atoms with Gasteiger partial charge in [0.2, 0.25) is 5.91 Å². The van der Waals surface area contributed by atoms with Crippen LogP contribution in [0.4, 0.5) is 18.9 Å². The number of hydrogen-bond donors (Lipinski definition) is 1. The molecule has 0 radical (unpaired) electrons. The summed E-state index contributed by atoms with van der Waals surface area (Å²) in [5.74, 6) is -0.211. The Morgan fingerprint density at radius 1 is 1.20 bits per heavy atom. The number of halogens is 3. The van der Waals surface area contributed by atoms with Gasteiger partial charge < -0.3 is 10.1 Å². The zero-order chi connectivity index (χ0) is 18.4. The van der Waals surface area contributed by atoms with Crippen LogP contribution in [0.2, 0.25) is 0 Å². The van der Waals surface area contributed by atoms with E-state index < -0.39 is 12.8 Å². The van der Waals surface area contributed by atoms with Crippen LogP contribution in [0.15, 0.2) is 35.5 Å². The highest BCUT2D eigenvalue weighted by Crippen LogP contribution is 2.22. The molecule has 9 heteroatoms. The Bertz CT molecular complexity index is 733. The maximum atomic E-state index is 12.2. The first kappa shape index (κ1) is 19.0. The van der Waals surface area contributed by atoms with Gasteiger partial charge in [-0.3, -0.25) is 4.79 Å². The van der Waals surface area contributed by atoms with E-state index in [-0.39, 0.29) is 17.4 Å². The molecule has 1 heterocycles. The van der Waals surface area contributed by atoms with E-state index in [4.69, 9.17) is 0 Å². The number of nitrogens with zero attached hydrogens (tertiary/aromatic N) is 2. The molecule has 1 aromatic heterocycles. The molecule has 134 valence electrons. The number of nitrogens with one attached hydrogen (secondary N) is 1. The van der Waals surface area contributed by atoms with Gasteiger partial charge in [0.25, 0.3) is 0 Å². The van der Waals surface area contributed by atoms with Crippen molar-refractivity contribution in [1.29, 1.82) is 0 Å². The van der Waals surface area contributed by atoms with Crippen molar-refractivity contribution in [3.63, 3.8) is 0 Å². The Kier molecular flexibility index (Phi) is 6.24. The third-order valence-corrected chi connectivity index (χ3v) is 3.66. The van der Waals surface area contributed by atoms with Gasteiger partial charge in [-0.1, -0.05) is 17.8 Å². The summed E-state index contributed by atoms with van der Waals surface area (Å²) in [6.07, 6.45) is -4.41. The number of amides is 1. The highest BCUT2D eigenvalue weighted by atomic mass is 32.2. The van der Waals surface area contributed by atoms with Crippen LogP contribution in [0, 0.1) is 13.8 Å². The van der Waals surface area contributed by atoms with Crippen LogP contribution < -0.4 is 10.1 Å². The number of benzene rings is 1. The summed E-state index contributed by atoms with van der Waals surface area (Å²) in [5, 5.41) is 3.10. The largest absolute Gasteiger partial charge is 0.484 e. The third-order valence-electron chi connectivity index (χ3n) is 2.81. The van der Waals surface area contributed by atoms with Crippen LogP contribution in [-0.4, -0.2) is 34.4 Å². The SMILES string of the molecule is Cc1cc(C)nc(SCC(=O)Nc2cccc(OCC(F)(F)F)c2)n1. The van der Waals surface area contributed by atoms with Crippen LogP contribution in [-0.2, 0) is 4.79 Å². The molecule has 2 rings (SSSR count). The topological polar surface area (TPSA) is 64.1 Å². The van der Waals surface area contributed by atoms with Gasteiger partial charge in [-0.05, 0) is 32.0 Å². The van der Waals surface area contributed by atoms with Gasteiger partial charge in [0, 0.05) is 23.1 Å². The molecular weight excluding hydrogens is 355 g/mol. The second kappa shape index (κ2) is 8.19. The summed E-state index contributed by atoms with van der Waals surface area (Å²) in [4.78, 5) is 20.4. The van der Waals surface area contributed by atoms with Crippen LogP contribution in [0.3, 0.4) is 0 Å². The first-order valence-electron chi connectivity index (χ1n) is 7.26. The van der Waals surface area contributed by atoms with Crippen molar-refractivity contribution in [2.75, 3.05) is 17.7 Å². The summed E-state index contributed by atoms with van der Waals surface area (Å²) < 4.78 is 41.1. The van der Waals surface area contributed by atoms with Crippen molar-refractivity contribution >= 4 is 23.4 Å². The fourth-order valence-corrected chi connectivity index (χ4v) is 2.66. The molecule has 0 saturated heterocycles. The number of carbonyl (C=O) groups excluding carboxylic acids is 1. The van der Waals surface area contributed by atoms with Crippen LogP contribution >= 0.6 is 11.8 Å². The van der Waals surface area contributed by atoms with Crippen LogP contribution in [0.25, 0.3) is 0 Å². The molecule has 0 spiro atoms. The lowest BCUT2D eigenvalue weighted by atomic mass is 10.3. The van der Waals surface area contributed by atoms with Crippen molar-refractivity contribution in [1.82, 2.24) is 9.97 Å². The second-order valence-electron chi connectivity index (χ2n) is 5.20. The van der Waals surface area contributed by atoms with E-state index in [1.807, 2.05) is 19.9 Å². The Morgan fingerprint density at radius 2 is 1.88 bits per heavy atom. The smallest absolute Gasteiger partial charge is 0.422 e. The summed E-state index contributed by atoms with van der Waals surface area (Å²) in [5.41, 5.74) is 1.97. The quantitative estimate of drug-likeness (QED) is 0.619. The molecule has 5 nitrogen and oxygen atoms in total. The molecule has 1 amide bonds. The maximum absolute atomic E-state index is 12.2. The number of aromatic nitrogens is 2. The number of carbonyl (C=O) groups is 1. The first-order valence-corrected chi connectivity index (χ1v) is 8.24. The molecule has 0 aliphatic rings. The van der Waals surface area contributed by atoms with Gasteiger partial charge in [-0.25, -0.2) is 9.97 Å². The maximum Gasteiger partial charge on any atom is 0.422 e. The number of alkyl halides is 3. The number of ether oxygens (including phenoxy) is 1. The van der Waals surface area contributed by atoms with Gasteiger partial charge in [-0.2, -0.15) is 13.2 Å². The van der Waals surface area contributed by atoms with Crippen molar-refractivity contribution in [3.05, 3.63) is 41.7 Å². The molecule has 0 saturated carbocycles. The highest BCUT2D eigenvalue weighted by molar-refractivity contribution is 7.99. The molecular formula is C16H16F3N3O2S. The predicted octanol–water partition coefficient (Wildman–Crippen LogP) is 3.77. The lowest BCUT2D eigenvalue weighted by Gasteiger charge is -2.11. The molecule has 0 aliphatic carbocycles. The highest BCUT2D eigenvalue weighted by Gasteiger charge is 2.28. The number of rotatable bonds is 6. The van der Waals surface area contributed by atoms with Gasteiger partial charge in [0.05, 0.1) is 5.75 Å². The Hall–Kier alpha value is -2.29. The van der Waals surface area contributed by atoms with E-state index in [1.54, 1.807) is 6.07 Å². The molecule has 0 unspecified atom stereocenters. The molecule has 1 N–H and O–H groups in total. The van der Waals surface area contributed by atoms with E-state index >= 15 is 0 Å². The van der Waals surface area contributed by atoms with Gasteiger partial charge in [0.1, 0.15) is 5.75 Å². The number of hydrogen-bond acceptors (Lipinski definition) is 5. The minimum atomic E-state index is -4.41. The Morgan fingerprint density at radius 3 is 2.52 bits per heavy atom. The lowest BCUT2D eigenvalue weighted by molar-refractivity contribution is -0.153. The zero-order valence-corrected chi connectivity index (χ0v) is 14.4. The van der Waals surface area contributed by atoms with Crippen LogP contribution in [0.5, 0.6) is 5.75 Å². The minimum absolute atomic E-state index is 0.0282. The summed E-state index contributed by atoms with van der Waals surface area (Å²) in [6, 6.07) is 7.62. The first-order chi connectivity index (χ1) is 11.7. The molecule has 0 bridgehead atoms. The van der Waals surface area contributed by atoms with E-state index in [0.717, 1.165) is 11.4 Å². The summed E-state index contributed by atoms with van der Waals surface area (Å²) in [7, 11) is 0. The number of aryl methyl sites for hydroxylation is 2. The summed E-state index contributed by atoms with van der Waals surface area (Å²) >= 11 is 1.18. The molecule has 0 fully saturated rings. The second-order valence-corrected chi connectivity index (χ2v) is 6.14. The van der Waals surface area contributed by atoms with Crippen LogP contribution in [0.1, 0.15) is 11.4 Å². The third kappa shape index (κ3) is 7.00. The van der Waals surface area contributed by atoms with Crippen molar-refractivity contribution in [2.45, 2.75) is 25.2 Å². The normalized spacial score (nSPS) is 11.2. The fourth-order valence-electron chi connectivity index (χ4n) is 1.91. The van der Waals surface area contributed by atoms with Crippen molar-refractivity contribution < 1.29 is 22.7 Å². The average Bonchev–Trinajstić information content (AvgIpc) is 2.50. The van der Waals surface area contributed by atoms with E-state index in [0.29, 0.717) is 10.8 Å².